The normalized spacial score (nSPS) is 18.0. The van der Waals surface area contributed by atoms with Crippen molar-refractivity contribution >= 4 is 50.2 Å². The molecule has 1 aromatic carbocycles. The van der Waals surface area contributed by atoms with Crippen LogP contribution in [0.5, 0.6) is 0 Å². The molecule has 2 aliphatic heterocycles. The number of nitrogens with zero attached hydrogens (tertiary/aromatic N) is 8. The number of H-pyrrole nitrogens is 1. The van der Waals surface area contributed by atoms with E-state index in [2.05, 4.69) is 40.6 Å². The fourth-order valence-electron chi connectivity index (χ4n) is 5.26. The molecule has 0 saturated carbocycles. The number of amides is 2. The standard InChI is InChI=1S/C25H29N11O5S2/c1-33-6-5-19-20(14-33)42-23(27-19)24(37)36-8-7-34(13-18(36)10-21-29-31-32-30-21)43(39,40)35-11-16-4-3-15(9-17(16)12-35)22(26)28-25(38)41-2/h3-4,9,11-12,18H,5-8,10,13-14H2,1-2H3,(H2,26,28,38)(H,29,30,31,32). The summed E-state index contributed by atoms with van der Waals surface area (Å²) in [6.07, 6.45) is 3.16. The third-order valence-corrected chi connectivity index (χ3v) is 10.3. The van der Waals surface area contributed by atoms with Crippen molar-refractivity contribution in [3.8, 4) is 0 Å². The maximum Gasteiger partial charge on any atom is 0.412 e. The molecule has 0 radical (unpaired) electrons. The molecule has 0 spiro atoms. The van der Waals surface area contributed by atoms with Gasteiger partial charge in [0.2, 0.25) is 0 Å². The maximum absolute atomic E-state index is 13.8. The number of fused-ring (bicyclic) bond motifs is 2. The smallest absolute Gasteiger partial charge is 0.412 e. The topological polar surface area (TPSA) is 195 Å². The highest BCUT2D eigenvalue weighted by Crippen LogP contribution is 2.28. The molecular weight excluding hydrogens is 598 g/mol. The van der Waals surface area contributed by atoms with Gasteiger partial charge in [-0.15, -0.1) is 21.5 Å². The van der Waals surface area contributed by atoms with Crippen molar-refractivity contribution in [2.45, 2.75) is 25.4 Å². The first-order valence-corrected chi connectivity index (χ1v) is 15.6. The first kappa shape index (κ1) is 28.8. The van der Waals surface area contributed by atoms with Crippen LogP contribution in [0, 0.1) is 5.41 Å². The molecule has 5 heterocycles. The van der Waals surface area contributed by atoms with E-state index in [9.17, 15) is 18.0 Å². The lowest BCUT2D eigenvalue weighted by Gasteiger charge is -2.40. The van der Waals surface area contributed by atoms with E-state index in [0.717, 1.165) is 34.1 Å². The van der Waals surface area contributed by atoms with E-state index >= 15 is 0 Å². The summed E-state index contributed by atoms with van der Waals surface area (Å²) in [5, 5.41) is 26.1. The number of tetrazole rings is 1. The van der Waals surface area contributed by atoms with Crippen molar-refractivity contribution in [2.75, 3.05) is 40.3 Å². The number of amidine groups is 1. The van der Waals surface area contributed by atoms with Crippen LogP contribution in [0.25, 0.3) is 10.8 Å². The summed E-state index contributed by atoms with van der Waals surface area (Å²) in [5.74, 6) is -0.0539. The molecule has 16 nitrogen and oxygen atoms in total. The lowest BCUT2D eigenvalue weighted by atomic mass is 10.1. The van der Waals surface area contributed by atoms with Crippen molar-refractivity contribution in [3.05, 3.63) is 57.6 Å². The lowest BCUT2D eigenvalue weighted by molar-refractivity contribution is 0.0560. The van der Waals surface area contributed by atoms with Gasteiger partial charge in [0.25, 0.3) is 5.91 Å². The van der Waals surface area contributed by atoms with Crippen LogP contribution in [-0.2, 0) is 34.3 Å². The number of benzene rings is 1. The van der Waals surface area contributed by atoms with Crippen LogP contribution in [-0.4, -0.2) is 116 Å². The van der Waals surface area contributed by atoms with Crippen molar-refractivity contribution < 1.29 is 22.7 Å². The first-order chi connectivity index (χ1) is 20.6. The van der Waals surface area contributed by atoms with Crippen LogP contribution < -0.4 is 5.32 Å². The van der Waals surface area contributed by atoms with Gasteiger partial charge < -0.3 is 14.5 Å². The number of alkyl carbamates (subject to hydrolysis) is 1. The Morgan fingerprint density at radius 3 is 2.79 bits per heavy atom. The van der Waals surface area contributed by atoms with E-state index < -0.39 is 22.3 Å². The Balaban J connectivity index is 1.24. The largest absolute Gasteiger partial charge is 0.453 e. The molecule has 3 aromatic heterocycles. The molecule has 1 unspecified atom stereocenters. The van der Waals surface area contributed by atoms with Crippen molar-refractivity contribution in [1.29, 1.82) is 5.41 Å². The monoisotopic (exact) mass is 627 g/mol. The molecule has 43 heavy (non-hydrogen) atoms. The number of aromatic amines is 1. The number of rotatable bonds is 6. The number of thiazole rings is 1. The molecule has 6 rings (SSSR count). The van der Waals surface area contributed by atoms with Crippen molar-refractivity contribution in [1.82, 2.24) is 49.0 Å². The summed E-state index contributed by atoms with van der Waals surface area (Å²) in [5.41, 5.74) is 1.33. The van der Waals surface area contributed by atoms with E-state index in [1.54, 1.807) is 23.1 Å². The van der Waals surface area contributed by atoms with Crippen LogP contribution in [0.4, 0.5) is 4.79 Å². The quantitative estimate of drug-likeness (QED) is 0.199. The third kappa shape index (κ3) is 5.73. The van der Waals surface area contributed by atoms with E-state index in [1.165, 1.54) is 35.1 Å². The second-order valence-corrected chi connectivity index (χ2v) is 13.3. The molecule has 2 aliphatic rings. The number of aromatic nitrogens is 6. The number of methoxy groups -OCH3 is 1. The minimum atomic E-state index is -4.03. The highest BCUT2D eigenvalue weighted by molar-refractivity contribution is 7.87. The predicted octanol–water partition coefficient (Wildman–Crippen LogP) is 0.442. The van der Waals surface area contributed by atoms with E-state index in [-0.39, 0.29) is 37.8 Å². The molecule has 1 saturated heterocycles. The maximum atomic E-state index is 13.8. The number of hydrogen-bond donors (Lipinski definition) is 3. The van der Waals surface area contributed by atoms with Crippen LogP contribution in [0.1, 0.15) is 31.8 Å². The summed E-state index contributed by atoms with van der Waals surface area (Å²) in [4.78, 5) is 34.8. The molecule has 1 atom stereocenters. The second kappa shape index (κ2) is 11.4. The van der Waals surface area contributed by atoms with Gasteiger partial charge in [0.1, 0.15) is 5.84 Å². The molecule has 0 bridgehead atoms. The minimum absolute atomic E-state index is 0.0178. The van der Waals surface area contributed by atoms with Gasteiger partial charge in [-0.3, -0.25) is 15.5 Å². The number of piperazine rings is 1. The lowest BCUT2D eigenvalue weighted by Crippen LogP contribution is -2.58. The second-order valence-electron chi connectivity index (χ2n) is 10.4. The Morgan fingerprint density at radius 1 is 1.21 bits per heavy atom. The molecule has 1 fully saturated rings. The summed E-state index contributed by atoms with van der Waals surface area (Å²) in [7, 11) is -0.797. The van der Waals surface area contributed by atoms with E-state index in [0.29, 0.717) is 27.2 Å². The van der Waals surface area contributed by atoms with Gasteiger partial charge in [0.15, 0.2) is 10.8 Å². The van der Waals surface area contributed by atoms with Gasteiger partial charge in [0.05, 0.1) is 18.8 Å². The predicted molar refractivity (Wildman–Crippen MR) is 155 cm³/mol. The third-order valence-electron chi connectivity index (χ3n) is 7.53. The summed E-state index contributed by atoms with van der Waals surface area (Å²) >= 11 is 1.39. The van der Waals surface area contributed by atoms with Crippen LogP contribution in [0.3, 0.4) is 0 Å². The fourth-order valence-corrected chi connectivity index (χ4v) is 7.84. The fraction of sp³-hybridized carbons (Fsp3) is 0.400. The Bertz CT molecular complexity index is 1800. The van der Waals surface area contributed by atoms with Gasteiger partial charge in [-0.1, -0.05) is 17.3 Å². The van der Waals surface area contributed by atoms with Gasteiger partial charge in [-0.05, 0) is 13.1 Å². The van der Waals surface area contributed by atoms with Crippen molar-refractivity contribution in [2.24, 2.45) is 0 Å². The summed E-state index contributed by atoms with van der Waals surface area (Å²) in [6, 6.07) is 4.34. The highest BCUT2D eigenvalue weighted by Gasteiger charge is 2.38. The molecule has 226 valence electrons. The highest BCUT2D eigenvalue weighted by atomic mass is 32.2. The zero-order chi connectivity index (χ0) is 30.3. The van der Waals surface area contributed by atoms with Gasteiger partial charge in [0, 0.05) is 79.2 Å². The summed E-state index contributed by atoms with van der Waals surface area (Å²) in [6.45, 7) is 1.88. The van der Waals surface area contributed by atoms with Crippen molar-refractivity contribution in [3.63, 3.8) is 0 Å². The Kier molecular flexibility index (Phi) is 7.67. The average Bonchev–Trinajstić information content (AvgIpc) is 3.76. The molecule has 2 amide bonds. The Hall–Kier alpha value is -4.26. The first-order valence-electron chi connectivity index (χ1n) is 13.4. The molecule has 0 aliphatic carbocycles. The minimum Gasteiger partial charge on any atom is -0.453 e. The van der Waals surface area contributed by atoms with Crippen LogP contribution >= 0.6 is 11.3 Å². The van der Waals surface area contributed by atoms with Crippen LogP contribution in [0.2, 0.25) is 0 Å². The van der Waals surface area contributed by atoms with E-state index in [1.807, 2.05) is 7.05 Å². The van der Waals surface area contributed by atoms with Gasteiger partial charge in [-0.25, -0.2) is 13.8 Å². The number of carbonyl (C=O) groups is 2. The SMILES string of the molecule is COC(=O)NC(=N)c1ccc2cn(S(=O)(=O)N3CCN(C(=O)c4nc5c(s4)CN(C)CC5)C(Cc4nn[nH]n4)C3)cc2c1. The van der Waals surface area contributed by atoms with Crippen LogP contribution in [0.15, 0.2) is 30.6 Å². The van der Waals surface area contributed by atoms with E-state index in [4.69, 9.17) is 5.41 Å². The molecule has 4 aromatic rings. The number of hydrogen-bond acceptors (Lipinski definition) is 12. The molecule has 18 heteroatoms. The number of carbonyl (C=O) groups excluding carboxylic acids is 2. The average molecular weight is 628 g/mol. The zero-order valence-corrected chi connectivity index (χ0v) is 25.0. The van der Waals surface area contributed by atoms with Gasteiger partial charge >= 0.3 is 16.3 Å². The number of nitrogens with one attached hydrogen (secondary N) is 3. The number of likely N-dealkylation sites (N-methyl/N-ethyl adjacent to an activating group) is 1. The van der Waals surface area contributed by atoms with Gasteiger partial charge in [-0.2, -0.15) is 17.9 Å². The zero-order valence-electron chi connectivity index (χ0n) is 23.3. The molecular formula is C25H29N11O5S2. The number of ether oxygens (including phenoxy) is 1. The Morgan fingerprint density at radius 2 is 2.02 bits per heavy atom. The summed E-state index contributed by atoms with van der Waals surface area (Å²) < 4.78 is 34.7. The Labute approximate surface area is 250 Å². The molecule has 3 N–H and O–H groups in total.